The molecule has 5 unspecified atom stereocenters. The molecule has 0 aromatic heterocycles. The summed E-state index contributed by atoms with van der Waals surface area (Å²) in [5.41, 5.74) is 4.19. The molecule has 0 aromatic carbocycles. The number of carbonyl (C=O) groups excluding carboxylic acids is 6. The van der Waals surface area contributed by atoms with Gasteiger partial charge in [-0.05, 0) is 51.9 Å². The third-order valence-electron chi connectivity index (χ3n) is 6.11. The molecule has 0 aliphatic carbocycles. The predicted molar refractivity (Wildman–Crippen MR) is 163 cm³/mol. The van der Waals surface area contributed by atoms with Crippen molar-refractivity contribution in [3.05, 3.63) is 0 Å². The van der Waals surface area contributed by atoms with Crippen molar-refractivity contribution >= 4 is 60.5 Å². The summed E-state index contributed by atoms with van der Waals surface area (Å²) in [5.74, 6) is -2.73. The first-order chi connectivity index (χ1) is 18.9. The molecule has 0 aromatic rings. The number of nitrogens with two attached hydrogens (primary N) is 1. The van der Waals surface area contributed by atoms with E-state index in [1.165, 1.54) is 16.7 Å². The Morgan fingerprint density at radius 2 is 1.59 bits per heavy atom. The summed E-state index contributed by atoms with van der Waals surface area (Å²) in [5, 5.41) is 4.95. The topological polar surface area (TPSA) is 177 Å². The fourth-order valence-electron chi connectivity index (χ4n) is 3.70. The van der Waals surface area contributed by atoms with Crippen LogP contribution >= 0.6 is 24.6 Å². The van der Waals surface area contributed by atoms with Gasteiger partial charge in [0.05, 0.1) is 6.04 Å². The summed E-state index contributed by atoms with van der Waals surface area (Å²) in [6.07, 6.45) is 3.10. The van der Waals surface area contributed by atoms with Crippen molar-refractivity contribution in [1.29, 1.82) is 0 Å². The number of hydrogen-bond acceptors (Lipinski definition) is 10. The standard InChI is InChI=1S/C20H35N3O5.C7H14N2O2S2/c1-12(2)15(17(25)23-10-8-9-14(23)11-24)21-19(27)22-16(13(3)4)18(26)28-20(5,6)7;1-3-4(2)13-7(9-12)5(10)6(8)11/h11-16H,8-10H2,1-7H3,(H2,21,22,27);4,7,9,12H,3H2,1-2H3,(H2,8,11). The largest absolute Gasteiger partial charge is 0.458 e. The van der Waals surface area contributed by atoms with Gasteiger partial charge in [-0.15, -0.1) is 11.8 Å². The van der Waals surface area contributed by atoms with E-state index in [2.05, 4.69) is 28.2 Å². The van der Waals surface area contributed by atoms with Gasteiger partial charge in [-0.1, -0.05) is 54.4 Å². The Bertz CT molecular complexity index is 911. The second-order valence-electron chi connectivity index (χ2n) is 11.6. The Hall–Kier alpha value is -2.32. The number of ether oxygens (including phenoxy) is 1. The van der Waals surface area contributed by atoms with Gasteiger partial charge in [-0.3, -0.25) is 14.4 Å². The van der Waals surface area contributed by atoms with Crippen LogP contribution in [0.2, 0.25) is 0 Å². The van der Waals surface area contributed by atoms with Gasteiger partial charge in [-0.2, -0.15) is 0 Å². The Balaban J connectivity index is 0.00000103. The highest BCUT2D eigenvalue weighted by molar-refractivity contribution is 8.01. The Morgan fingerprint density at radius 1 is 1.05 bits per heavy atom. The van der Waals surface area contributed by atoms with Crippen molar-refractivity contribution in [3.63, 3.8) is 0 Å². The maximum atomic E-state index is 12.9. The molecule has 0 spiro atoms. The minimum atomic E-state index is -0.928. The summed E-state index contributed by atoms with van der Waals surface area (Å²) < 4.78 is 7.83. The molecule has 1 fully saturated rings. The molecule has 5 N–H and O–H groups in total. The average Bonchev–Trinajstić information content (AvgIpc) is 3.35. The average molecular weight is 620 g/mol. The zero-order valence-electron chi connectivity index (χ0n) is 25.7. The van der Waals surface area contributed by atoms with Crippen LogP contribution < -0.4 is 21.1 Å². The third kappa shape index (κ3) is 13.9. The number of carbonyl (C=O) groups is 6. The van der Waals surface area contributed by atoms with E-state index in [0.717, 1.165) is 19.1 Å². The number of thiol groups is 1. The number of thioether (sulfide) groups is 1. The van der Waals surface area contributed by atoms with E-state index in [1.807, 2.05) is 27.7 Å². The molecule has 12 nitrogen and oxygen atoms in total. The fourth-order valence-corrected chi connectivity index (χ4v) is 4.95. The molecule has 1 saturated heterocycles. The van der Waals surface area contributed by atoms with E-state index in [9.17, 15) is 28.8 Å². The number of urea groups is 1. The molecule has 236 valence electrons. The van der Waals surface area contributed by atoms with Gasteiger partial charge >= 0.3 is 12.0 Å². The monoisotopic (exact) mass is 619 g/mol. The number of ketones is 1. The van der Waals surface area contributed by atoms with Gasteiger partial charge in [0.2, 0.25) is 11.7 Å². The van der Waals surface area contributed by atoms with Crippen LogP contribution in [0.4, 0.5) is 4.79 Å². The number of hydrogen-bond donors (Lipinski definition) is 5. The van der Waals surface area contributed by atoms with E-state index in [1.54, 1.807) is 34.6 Å². The number of amides is 4. The number of primary amides is 1. The molecule has 1 heterocycles. The maximum absolute atomic E-state index is 12.9. The van der Waals surface area contributed by atoms with E-state index in [-0.39, 0.29) is 23.0 Å². The molecule has 0 saturated carbocycles. The molecule has 5 atom stereocenters. The zero-order chi connectivity index (χ0) is 32.1. The molecule has 1 aliphatic heterocycles. The van der Waals surface area contributed by atoms with Crippen LogP contribution in [0.15, 0.2) is 0 Å². The summed E-state index contributed by atoms with van der Waals surface area (Å²) >= 11 is 5.11. The van der Waals surface area contributed by atoms with Crippen molar-refractivity contribution in [2.45, 2.75) is 116 Å². The number of nitrogens with zero attached hydrogens (tertiary/aromatic N) is 1. The number of aldehydes is 1. The van der Waals surface area contributed by atoms with Gasteiger partial charge in [0.25, 0.3) is 5.91 Å². The zero-order valence-corrected chi connectivity index (χ0v) is 27.4. The fraction of sp³-hybridized carbons (Fsp3) is 0.778. The Morgan fingerprint density at radius 3 is 2.00 bits per heavy atom. The normalized spacial score (nSPS) is 18.0. The maximum Gasteiger partial charge on any atom is 0.329 e. The number of Topliss-reactive ketones (excluding diaryl/α,β-unsaturated/α-hetero) is 1. The molecule has 0 radical (unpaired) electrons. The lowest BCUT2D eigenvalue weighted by Gasteiger charge is -2.30. The molecule has 41 heavy (non-hydrogen) atoms. The van der Waals surface area contributed by atoms with Crippen molar-refractivity contribution in [1.82, 2.24) is 20.3 Å². The molecule has 0 bridgehead atoms. The minimum absolute atomic E-state index is 0.176. The van der Waals surface area contributed by atoms with Crippen LogP contribution in [-0.2, 0) is 28.7 Å². The quantitative estimate of drug-likeness (QED) is 0.0680. The first-order valence-corrected chi connectivity index (χ1v) is 15.2. The molecule has 1 rings (SSSR count). The first kappa shape index (κ1) is 38.7. The Kier molecular flexibility index (Phi) is 17.2. The van der Waals surface area contributed by atoms with E-state index < -0.39 is 52.8 Å². The number of rotatable bonds is 13. The molecular weight excluding hydrogens is 570 g/mol. The number of nitrogens with one attached hydrogen (secondary N) is 3. The summed E-state index contributed by atoms with van der Waals surface area (Å²) in [6.45, 7) is 17.0. The van der Waals surface area contributed by atoms with Crippen molar-refractivity contribution in [2.24, 2.45) is 17.6 Å². The molecular formula is C27H49N5O7S2. The summed E-state index contributed by atoms with van der Waals surface area (Å²) in [6, 6.07) is -2.68. The highest BCUT2D eigenvalue weighted by Gasteiger charge is 2.36. The first-order valence-electron chi connectivity index (χ1n) is 13.8. The number of esters is 1. The summed E-state index contributed by atoms with van der Waals surface area (Å²) in [7, 11) is 0. The van der Waals surface area contributed by atoms with Crippen LogP contribution in [0.3, 0.4) is 0 Å². The van der Waals surface area contributed by atoms with Gasteiger partial charge in [-0.25, -0.2) is 14.3 Å². The molecule has 1 aliphatic rings. The van der Waals surface area contributed by atoms with Gasteiger partial charge in [0, 0.05) is 11.8 Å². The van der Waals surface area contributed by atoms with Crippen LogP contribution in [0, 0.1) is 11.8 Å². The van der Waals surface area contributed by atoms with Crippen LogP contribution in [0.25, 0.3) is 0 Å². The van der Waals surface area contributed by atoms with Crippen LogP contribution in [-0.4, -0.2) is 81.7 Å². The highest BCUT2D eigenvalue weighted by atomic mass is 32.2. The lowest BCUT2D eigenvalue weighted by molar-refractivity contribution is -0.158. The van der Waals surface area contributed by atoms with Gasteiger partial charge in [0.1, 0.15) is 29.3 Å². The third-order valence-corrected chi connectivity index (χ3v) is 7.95. The van der Waals surface area contributed by atoms with E-state index in [4.69, 9.17) is 10.5 Å². The van der Waals surface area contributed by atoms with Crippen LogP contribution in [0.5, 0.6) is 0 Å². The summed E-state index contributed by atoms with van der Waals surface area (Å²) in [4.78, 5) is 72.2. The SMILES string of the molecule is CC(C)C(NC(=O)NC(C(=O)N1CCCC1C=O)C(C)C)C(=O)OC(C)(C)C.CCC(C)SC(NS)C(=O)C(N)=O. The molecule has 14 heteroatoms. The van der Waals surface area contributed by atoms with Gasteiger partial charge in [0.15, 0.2) is 0 Å². The second kappa shape index (κ2) is 18.3. The van der Waals surface area contributed by atoms with Crippen molar-refractivity contribution in [2.75, 3.05) is 6.54 Å². The van der Waals surface area contributed by atoms with Crippen molar-refractivity contribution in [3.8, 4) is 0 Å². The Labute approximate surface area is 253 Å². The molecule has 4 amide bonds. The smallest absolute Gasteiger partial charge is 0.329 e. The van der Waals surface area contributed by atoms with Crippen molar-refractivity contribution < 1.29 is 33.5 Å². The van der Waals surface area contributed by atoms with E-state index in [0.29, 0.717) is 13.0 Å². The lowest BCUT2D eigenvalue weighted by Crippen LogP contribution is -2.57. The second-order valence-corrected chi connectivity index (χ2v) is 13.4. The lowest BCUT2D eigenvalue weighted by atomic mass is 10.0. The highest BCUT2D eigenvalue weighted by Crippen LogP contribution is 2.20. The van der Waals surface area contributed by atoms with E-state index >= 15 is 0 Å². The number of likely N-dealkylation sites (tertiary alicyclic amines) is 1. The van der Waals surface area contributed by atoms with Gasteiger partial charge < -0.3 is 30.8 Å². The minimum Gasteiger partial charge on any atom is -0.458 e. The van der Waals surface area contributed by atoms with Crippen LogP contribution in [0.1, 0.15) is 81.6 Å². The predicted octanol–water partition coefficient (Wildman–Crippen LogP) is 2.20.